The Morgan fingerprint density at radius 3 is 2.13 bits per heavy atom. The van der Waals surface area contributed by atoms with Crippen LogP contribution in [0.3, 0.4) is 0 Å². The number of benzene rings is 1. The number of likely N-dealkylation sites (N-methyl/N-ethyl adjacent to an activating group) is 2. The quantitative estimate of drug-likeness (QED) is 0.0767. The van der Waals surface area contributed by atoms with Crippen LogP contribution in [0.25, 0.3) is 10.9 Å². The molecule has 2 aromatic rings. The maximum Gasteiger partial charge on any atom is 0.334 e. The molecule has 434 valence electrons. The number of carbonyl (C=O) groups is 9. The predicted octanol–water partition coefficient (Wildman–Crippen LogP) is 3.06. The Labute approximate surface area is 458 Å². The molecule has 78 heavy (non-hydrogen) atoms. The summed E-state index contributed by atoms with van der Waals surface area (Å²) in [6.07, 6.45) is 3.90. The molecule has 5 N–H and O–H groups in total. The highest BCUT2D eigenvalue weighted by molar-refractivity contribution is 6.02. The van der Waals surface area contributed by atoms with E-state index in [2.05, 4.69) is 26.3 Å². The highest BCUT2D eigenvalue weighted by Crippen LogP contribution is 2.31. The maximum atomic E-state index is 14.7. The van der Waals surface area contributed by atoms with E-state index >= 15 is 0 Å². The van der Waals surface area contributed by atoms with Crippen molar-refractivity contribution in [3.05, 3.63) is 36.0 Å². The van der Waals surface area contributed by atoms with Crippen LogP contribution in [-0.2, 0) is 63.9 Å². The normalized spacial score (nSPS) is 19.2. The van der Waals surface area contributed by atoms with Crippen molar-refractivity contribution in [1.29, 1.82) is 0 Å². The number of nitrogens with zero attached hydrogens (tertiary/aromatic N) is 5. The van der Waals surface area contributed by atoms with Crippen LogP contribution in [0.5, 0.6) is 0 Å². The van der Waals surface area contributed by atoms with Crippen LogP contribution in [-0.4, -0.2) is 193 Å². The van der Waals surface area contributed by atoms with Gasteiger partial charge in [0, 0.05) is 89.3 Å². The van der Waals surface area contributed by atoms with Gasteiger partial charge in [0.25, 0.3) is 17.7 Å². The highest BCUT2D eigenvalue weighted by atomic mass is 16.7. The van der Waals surface area contributed by atoms with E-state index in [-0.39, 0.29) is 87.2 Å². The topological polar surface area (TPSA) is 271 Å². The fourth-order valence-corrected chi connectivity index (χ4v) is 11.2. The number of hydrogen-bond donors (Lipinski definition) is 5. The van der Waals surface area contributed by atoms with Gasteiger partial charge in [-0.1, -0.05) is 73.1 Å². The zero-order valence-electron chi connectivity index (χ0n) is 47.6. The average molecular weight is 1100 g/mol. The monoisotopic (exact) mass is 1090 g/mol. The summed E-state index contributed by atoms with van der Waals surface area (Å²) in [5.74, 6) is -5.36. The first kappa shape index (κ1) is 62.8. The largest absolute Gasteiger partial charge is 0.379 e. The van der Waals surface area contributed by atoms with Crippen molar-refractivity contribution in [2.24, 2.45) is 23.7 Å². The van der Waals surface area contributed by atoms with E-state index in [9.17, 15) is 43.2 Å². The lowest BCUT2D eigenvalue weighted by molar-refractivity contribution is -0.199. The number of fused-ring (bicyclic) bond motifs is 1. The molecule has 9 atom stereocenters. The van der Waals surface area contributed by atoms with E-state index in [4.69, 9.17) is 19.1 Å². The summed E-state index contributed by atoms with van der Waals surface area (Å²) in [6.45, 7) is 14.8. The highest BCUT2D eigenvalue weighted by Gasteiger charge is 2.44. The van der Waals surface area contributed by atoms with E-state index in [0.29, 0.717) is 44.0 Å². The van der Waals surface area contributed by atoms with Crippen molar-refractivity contribution in [2.45, 2.75) is 155 Å². The van der Waals surface area contributed by atoms with Crippen molar-refractivity contribution in [3.63, 3.8) is 0 Å². The molecule has 0 spiro atoms. The molecule has 0 saturated carbocycles. The lowest BCUT2D eigenvalue weighted by atomic mass is 9.87. The molecule has 23 heteroatoms. The molecule has 5 rings (SSSR count). The zero-order chi connectivity index (χ0) is 57.4. The Morgan fingerprint density at radius 1 is 0.833 bits per heavy atom. The fraction of sp³-hybridized carbons (Fsp3) is 0.691. The number of nitrogens with one attached hydrogen (secondary N) is 5. The average Bonchev–Trinajstić information content (AvgIpc) is 4.16. The number of aromatic nitrogens is 1. The third kappa shape index (κ3) is 16.3. The molecule has 3 fully saturated rings. The van der Waals surface area contributed by atoms with Crippen LogP contribution < -0.4 is 21.3 Å². The number of hydrogen-bond acceptors (Lipinski definition) is 15. The second-order valence-electron chi connectivity index (χ2n) is 21.6. The van der Waals surface area contributed by atoms with Crippen LogP contribution in [0.4, 0.5) is 4.79 Å². The number of carbonyl (C=O) groups excluding carboxylic acids is 9. The van der Waals surface area contributed by atoms with Crippen molar-refractivity contribution in [3.8, 4) is 0 Å². The van der Waals surface area contributed by atoms with E-state index in [1.807, 2.05) is 84.0 Å². The molecule has 0 radical (unpaired) electrons. The molecule has 0 aliphatic carbocycles. The summed E-state index contributed by atoms with van der Waals surface area (Å²) in [4.78, 5) is 139. The van der Waals surface area contributed by atoms with Gasteiger partial charge in [-0.3, -0.25) is 53.5 Å². The molecule has 23 nitrogen and oxygen atoms in total. The zero-order valence-corrected chi connectivity index (χ0v) is 47.6. The first-order valence-corrected chi connectivity index (χ1v) is 27.6. The minimum Gasteiger partial charge on any atom is -0.379 e. The molecule has 0 unspecified atom stereocenters. The summed E-state index contributed by atoms with van der Waals surface area (Å²) in [5, 5.41) is 13.7. The van der Waals surface area contributed by atoms with Crippen molar-refractivity contribution >= 4 is 64.3 Å². The van der Waals surface area contributed by atoms with E-state index in [1.165, 1.54) is 12.2 Å². The molecule has 3 aliphatic rings. The molecule has 0 bridgehead atoms. The Balaban J connectivity index is 1.20. The van der Waals surface area contributed by atoms with Gasteiger partial charge in [0.2, 0.25) is 23.6 Å². The van der Waals surface area contributed by atoms with Crippen molar-refractivity contribution < 1.29 is 62.3 Å². The number of H-pyrrole nitrogens is 1. The Hall–Kier alpha value is -6.01. The van der Waals surface area contributed by atoms with Crippen molar-refractivity contribution in [1.82, 2.24) is 51.1 Å². The van der Waals surface area contributed by atoms with Gasteiger partial charge in [-0.25, -0.2) is 14.7 Å². The first-order valence-electron chi connectivity index (χ1n) is 27.6. The number of likely N-dealkylation sites (tertiary alicyclic amines) is 1. The summed E-state index contributed by atoms with van der Waals surface area (Å²) in [6, 6.07) is 3.77. The molecule has 1 aromatic carbocycles. The molecule has 9 amide bonds. The molecule has 1 aromatic heterocycles. The standard InChI is InChI=1S/C55H86N10O13/c1-12-35(6)49(62(9)48(34(4)5)53(72)60-52(71)47(33(2)3)61(8)28-25-57-55(74)56-24-23-46(69)78-65-43(66)21-22-44(65)67)42(75-10)31-45(68)63-26-17-20-41(63)50(76-11)36(7)51(70)59-40(54(73)64-27-15-16-29-77-64)30-37-32-58-39-19-14-13-18-38(37)39/h13-14,18-19,32-36,40-42,47-50,58H,12,15-17,20-31H2,1-11H3,(H,59,70)(H2,56,57,74)(H,60,71,72)/t35-,36+,40-,41-,42+,47-,48-,49-,50+/m0/s1. The fourth-order valence-electron chi connectivity index (χ4n) is 11.2. The van der Waals surface area contributed by atoms with Crippen LogP contribution >= 0.6 is 0 Å². The van der Waals surface area contributed by atoms with Crippen LogP contribution in [0, 0.1) is 23.7 Å². The van der Waals surface area contributed by atoms with E-state index in [0.717, 1.165) is 29.3 Å². The summed E-state index contributed by atoms with van der Waals surface area (Å²) in [7, 11) is 6.60. The first-order chi connectivity index (χ1) is 37.1. The van der Waals surface area contributed by atoms with Crippen LogP contribution in [0.2, 0.25) is 0 Å². The van der Waals surface area contributed by atoms with Gasteiger partial charge in [-0.2, -0.15) is 0 Å². The Morgan fingerprint density at radius 2 is 1.50 bits per heavy atom. The number of aromatic amines is 1. The van der Waals surface area contributed by atoms with Crippen LogP contribution in [0.15, 0.2) is 30.5 Å². The smallest absolute Gasteiger partial charge is 0.334 e. The minimum absolute atomic E-state index is 0.0323. The molecule has 4 heterocycles. The van der Waals surface area contributed by atoms with E-state index in [1.54, 1.807) is 30.9 Å². The molecular weight excluding hydrogens is 1010 g/mol. The van der Waals surface area contributed by atoms with Gasteiger partial charge in [0.1, 0.15) is 6.04 Å². The minimum atomic E-state index is -0.928. The van der Waals surface area contributed by atoms with Gasteiger partial charge in [-0.15, -0.1) is 5.06 Å². The summed E-state index contributed by atoms with van der Waals surface area (Å²) >= 11 is 0. The number of para-hydroxylation sites is 1. The molecule has 3 saturated heterocycles. The third-order valence-corrected chi connectivity index (χ3v) is 15.4. The second kappa shape index (κ2) is 29.8. The Kier molecular flexibility index (Phi) is 24.0. The molecule has 3 aliphatic heterocycles. The number of ether oxygens (including phenoxy) is 2. The number of hydroxylamine groups is 4. The predicted molar refractivity (Wildman–Crippen MR) is 288 cm³/mol. The maximum absolute atomic E-state index is 14.7. The number of rotatable bonds is 28. The number of imide groups is 2. The van der Waals surface area contributed by atoms with Gasteiger partial charge >= 0.3 is 12.0 Å². The number of amides is 9. The molecular formula is C55H86N10O13. The third-order valence-electron chi connectivity index (χ3n) is 15.4. The Bertz CT molecular complexity index is 2380. The SMILES string of the molecule is CC[C@H](C)[C@@H]([C@@H](CC(=O)N1CCC[C@H]1[C@H](OC)[C@@H](C)C(=O)N[C@@H](Cc1c[nH]c2ccccc12)C(=O)N1CCCCO1)OC)N(C)[C@H](C(=O)NC(=O)[C@H](C(C)C)N(C)CCNC(=O)NCCC(=O)ON1C(=O)CCC1=O)C(C)C. The van der Waals surface area contributed by atoms with Gasteiger partial charge in [-0.05, 0) is 69.2 Å². The summed E-state index contributed by atoms with van der Waals surface area (Å²) < 4.78 is 12.3. The van der Waals surface area contributed by atoms with Gasteiger partial charge in [0.05, 0.1) is 55.7 Å². The van der Waals surface area contributed by atoms with Gasteiger partial charge < -0.3 is 40.1 Å². The van der Waals surface area contributed by atoms with E-state index < -0.39 is 84.0 Å². The summed E-state index contributed by atoms with van der Waals surface area (Å²) in [5.41, 5.74) is 1.79. The lowest BCUT2D eigenvalue weighted by Crippen LogP contribution is -2.60. The van der Waals surface area contributed by atoms with Crippen LogP contribution in [0.1, 0.15) is 112 Å². The lowest BCUT2D eigenvalue weighted by Gasteiger charge is -2.43. The van der Waals surface area contributed by atoms with Gasteiger partial charge in [0.15, 0.2) is 0 Å². The number of urea groups is 1. The van der Waals surface area contributed by atoms with Crippen molar-refractivity contribution in [2.75, 3.05) is 67.6 Å². The second-order valence-corrected chi connectivity index (χ2v) is 21.6. The number of methoxy groups -OCH3 is 2.